The van der Waals surface area contributed by atoms with Gasteiger partial charge >= 0.3 is 0 Å². The van der Waals surface area contributed by atoms with Crippen LogP contribution < -0.4 is 5.32 Å². The first-order valence-corrected chi connectivity index (χ1v) is 11.3. The molecule has 1 aliphatic carbocycles. The van der Waals surface area contributed by atoms with Crippen molar-refractivity contribution in [1.82, 2.24) is 10.2 Å². The number of benzene rings is 2. The molecule has 0 aromatic heterocycles. The molecule has 1 atom stereocenters. The number of carbonyl (C=O) groups is 2. The van der Waals surface area contributed by atoms with E-state index in [4.69, 9.17) is 23.2 Å². The molecule has 2 aromatic rings. The van der Waals surface area contributed by atoms with Gasteiger partial charge in [0.05, 0.1) is 16.5 Å². The molecule has 6 heteroatoms. The van der Waals surface area contributed by atoms with Gasteiger partial charge in [0, 0.05) is 12.6 Å². The zero-order valence-electron chi connectivity index (χ0n) is 17.2. The maximum Gasteiger partial charge on any atom is 0.243 e. The Balaban J connectivity index is 1.80. The van der Waals surface area contributed by atoms with Crippen LogP contribution >= 0.6 is 23.2 Å². The van der Waals surface area contributed by atoms with Crippen LogP contribution in [0.1, 0.15) is 50.2 Å². The third-order valence-corrected chi connectivity index (χ3v) is 6.36. The van der Waals surface area contributed by atoms with E-state index in [-0.39, 0.29) is 24.3 Å². The normalized spacial score (nSPS) is 15.0. The number of rotatable bonds is 8. The van der Waals surface area contributed by atoms with Gasteiger partial charge in [-0.15, -0.1) is 0 Å². The number of amides is 2. The van der Waals surface area contributed by atoms with Crippen LogP contribution in [0.2, 0.25) is 10.0 Å². The second-order valence-electron chi connectivity index (χ2n) is 7.85. The molecule has 1 N–H and O–H groups in total. The van der Waals surface area contributed by atoms with E-state index in [0.29, 0.717) is 23.0 Å². The highest BCUT2D eigenvalue weighted by atomic mass is 35.5. The van der Waals surface area contributed by atoms with E-state index >= 15 is 0 Å². The van der Waals surface area contributed by atoms with Gasteiger partial charge in [-0.25, -0.2) is 0 Å². The molecule has 1 saturated carbocycles. The monoisotopic (exact) mass is 446 g/mol. The van der Waals surface area contributed by atoms with E-state index in [2.05, 4.69) is 5.32 Å². The zero-order valence-corrected chi connectivity index (χ0v) is 18.8. The van der Waals surface area contributed by atoms with Gasteiger partial charge in [-0.2, -0.15) is 0 Å². The molecule has 0 heterocycles. The summed E-state index contributed by atoms with van der Waals surface area (Å²) < 4.78 is 0. The molecule has 30 heavy (non-hydrogen) atoms. The summed E-state index contributed by atoms with van der Waals surface area (Å²) in [6, 6.07) is 14.7. The van der Waals surface area contributed by atoms with E-state index in [1.807, 2.05) is 37.3 Å². The SMILES string of the molecule is CCC(C(=O)NC1CCCC1)N(Cc1ccccc1)C(=O)Cc1ccc(Cl)c(Cl)c1. The second-order valence-corrected chi connectivity index (χ2v) is 8.66. The Kier molecular flexibility index (Phi) is 8.17. The van der Waals surface area contributed by atoms with E-state index in [9.17, 15) is 9.59 Å². The van der Waals surface area contributed by atoms with Crippen LogP contribution in [0.5, 0.6) is 0 Å². The molecule has 1 fully saturated rings. The summed E-state index contributed by atoms with van der Waals surface area (Å²) in [5.41, 5.74) is 1.77. The number of nitrogens with zero attached hydrogens (tertiary/aromatic N) is 1. The Morgan fingerprint density at radius 3 is 2.37 bits per heavy atom. The van der Waals surface area contributed by atoms with Crippen LogP contribution in [0.15, 0.2) is 48.5 Å². The molecule has 2 aromatic carbocycles. The van der Waals surface area contributed by atoms with E-state index in [1.165, 1.54) is 0 Å². The Morgan fingerprint density at radius 2 is 1.73 bits per heavy atom. The first-order chi connectivity index (χ1) is 14.5. The first kappa shape index (κ1) is 22.6. The van der Waals surface area contributed by atoms with Crippen molar-refractivity contribution < 1.29 is 9.59 Å². The van der Waals surface area contributed by atoms with E-state index < -0.39 is 6.04 Å². The van der Waals surface area contributed by atoms with Gasteiger partial charge in [0.25, 0.3) is 0 Å². The molecule has 0 saturated heterocycles. The fourth-order valence-corrected chi connectivity index (χ4v) is 4.31. The Bertz CT molecular complexity index is 867. The molecule has 0 bridgehead atoms. The zero-order chi connectivity index (χ0) is 21.5. The average Bonchev–Trinajstić information content (AvgIpc) is 3.24. The Morgan fingerprint density at radius 1 is 1.03 bits per heavy atom. The smallest absolute Gasteiger partial charge is 0.243 e. The Labute approximate surface area is 188 Å². The van der Waals surface area contributed by atoms with Crippen molar-refractivity contribution in [2.75, 3.05) is 0 Å². The van der Waals surface area contributed by atoms with Gasteiger partial charge < -0.3 is 10.2 Å². The fraction of sp³-hybridized carbons (Fsp3) is 0.417. The topological polar surface area (TPSA) is 49.4 Å². The van der Waals surface area contributed by atoms with Crippen molar-refractivity contribution in [1.29, 1.82) is 0 Å². The molecule has 2 amide bonds. The van der Waals surface area contributed by atoms with Gasteiger partial charge in [-0.1, -0.05) is 79.4 Å². The standard InChI is InChI=1S/C24H28Cl2N2O2/c1-2-22(24(30)27-19-10-6-7-11-19)28(16-17-8-4-3-5-9-17)23(29)15-18-12-13-20(25)21(26)14-18/h3-5,8-9,12-14,19,22H,2,6-7,10-11,15-16H2,1H3,(H,27,30). The summed E-state index contributed by atoms with van der Waals surface area (Å²) in [7, 11) is 0. The number of halogens is 2. The summed E-state index contributed by atoms with van der Waals surface area (Å²) in [5, 5.41) is 4.03. The average molecular weight is 447 g/mol. The quantitative estimate of drug-likeness (QED) is 0.589. The minimum atomic E-state index is -0.513. The lowest BCUT2D eigenvalue weighted by Gasteiger charge is -2.31. The molecule has 160 valence electrons. The number of nitrogens with one attached hydrogen (secondary N) is 1. The van der Waals surface area contributed by atoms with E-state index in [1.54, 1.807) is 23.1 Å². The molecule has 0 aliphatic heterocycles. The first-order valence-electron chi connectivity index (χ1n) is 10.6. The highest BCUT2D eigenvalue weighted by molar-refractivity contribution is 6.42. The van der Waals surface area contributed by atoms with Crippen molar-refractivity contribution in [2.45, 2.75) is 64.1 Å². The van der Waals surface area contributed by atoms with Crippen LogP contribution in [0.3, 0.4) is 0 Å². The predicted molar refractivity (Wildman–Crippen MR) is 122 cm³/mol. The molecular weight excluding hydrogens is 419 g/mol. The van der Waals surface area contributed by atoms with Crippen LogP contribution in [0.25, 0.3) is 0 Å². The summed E-state index contributed by atoms with van der Waals surface area (Å²) in [6.07, 6.45) is 5.03. The van der Waals surface area contributed by atoms with Crippen molar-refractivity contribution in [3.8, 4) is 0 Å². The van der Waals surface area contributed by atoms with Crippen LogP contribution in [0, 0.1) is 0 Å². The highest BCUT2D eigenvalue weighted by Crippen LogP contribution is 2.24. The lowest BCUT2D eigenvalue weighted by Crippen LogP contribution is -2.51. The molecule has 1 aliphatic rings. The predicted octanol–water partition coefficient (Wildman–Crippen LogP) is 5.40. The number of carbonyl (C=O) groups excluding carboxylic acids is 2. The van der Waals surface area contributed by atoms with Crippen molar-refractivity contribution in [2.24, 2.45) is 0 Å². The second kappa shape index (κ2) is 10.8. The lowest BCUT2D eigenvalue weighted by molar-refractivity contribution is -0.141. The van der Waals surface area contributed by atoms with Crippen molar-refractivity contribution in [3.63, 3.8) is 0 Å². The lowest BCUT2D eigenvalue weighted by atomic mass is 10.1. The molecular formula is C24H28Cl2N2O2. The number of hydrogen-bond donors (Lipinski definition) is 1. The van der Waals surface area contributed by atoms with Gasteiger partial charge in [-0.05, 0) is 42.5 Å². The molecule has 1 unspecified atom stereocenters. The maximum absolute atomic E-state index is 13.3. The molecule has 0 spiro atoms. The summed E-state index contributed by atoms with van der Waals surface area (Å²) in [5.74, 6) is -0.173. The molecule has 0 radical (unpaired) electrons. The summed E-state index contributed by atoms with van der Waals surface area (Å²) in [4.78, 5) is 28.1. The summed E-state index contributed by atoms with van der Waals surface area (Å²) >= 11 is 12.1. The maximum atomic E-state index is 13.3. The van der Waals surface area contributed by atoms with E-state index in [0.717, 1.165) is 36.8 Å². The number of hydrogen-bond acceptors (Lipinski definition) is 2. The largest absolute Gasteiger partial charge is 0.352 e. The minimum Gasteiger partial charge on any atom is -0.352 e. The van der Waals surface area contributed by atoms with Crippen LogP contribution in [0.4, 0.5) is 0 Å². The van der Waals surface area contributed by atoms with Gasteiger partial charge in [0.15, 0.2) is 0 Å². The highest BCUT2D eigenvalue weighted by Gasteiger charge is 2.30. The fourth-order valence-electron chi connectivity index (χ4n) is 3.99. The third kappa shape index (κ3) is 5.99. The Hall–Kier alpha value is -2.04. The van der Waals surface area contributed by atoms with Crippen LogP contribution in [-0.4, -0.2) is 28.8 Å². The van der Waals surface area contributed by atoms with Gasteiger partial charge in [-0.3, -0.25) is 9.59 Å². The van der Waals surface area contributed by atoms with Crippen LogP contribution in [-0.2, 0) is 22.6 Å². The van der Waals surface area contributed by atoms with Gasteiger partial charge in [0.1, 0.15) is 6.04 Å². The summed E-state index contributed by atoms with van der Waals surface area (Å²) in [6.45, 7) is 2.33. The van der Waals surface area contributed by atoms with Crippen molar-refractivity contribution in [3.05, 3.63) is 69.7 Å². The third-order valence-electron chi connectivity index (χ3n) is 5.62. The molecule has 4 nitrogen and oxygen atoms in total. The minimum absolute atomic E-state index is 0.0668. The van der Waals surface area contributed by atoms with Gasteiger partial charge in [0.2, 0.25) is 11.8 Å². The van der Waals surface area contributed by atoms with Crippen molar-refractivity contribution >= 4 is 35.0 Å². The molecule has 3 rings (SSSR count).